The summed E-state index contributed by atoms with van der Waals surface area (Å²) in [4.78, 5) is 45.9. The molecule has 1 aliphatic carbocycles. The van der Waals surface area contributed by atoms with Gasteiger partial charge in [-0.2, -0.15) is 0 Å². The molecule has 2 aromatic heterocycles. The number of hydrogen-bond acceptors (Lipinski definition) is 6. The number of rotatable bonds is 8. The Kier molecular flexibility index (Phi) is 6.41. The summed E-state index contributed by atoms with van der Waals surface area (Å²) in [7, 11) is 0. The van der Waals surface area contributed by atoms with Crippen molar-refractivity contribution in [1.29, 1.82) is 0 Å². The molecule has 2 N–H and O–H groups in total. The number of aromatic amines is 1. The second-order valence-electron chi connectivity index (χ2n) is 8.23. The predicted octanol–water partition coefficient (Wildman–Crippen LogP) is 4.63. The molecule has 8 nitrogen and oxygen atoms in total. The van der Waals surface area contributed by atoms with Gasteiger partial charge in [0.2, 0.25) is 5.91 Å². The van der Waals surface area contributed by atoms with E-state index in [4.69, 9.17) is 9.72 Å². The SMILES string of the molecule is CCOC(=O)c1cccc(NC(=O)CSc2nc3c(-c4ccccc4)c[nH]c3c(=O)n2C2CC2)c1. The maximum absolute atomic E-state index is 13.3. The molecule has 1 amide bonds. The summed E-state index contributed by atoms with van der Waals surface area (Å²) in [5, 5.41) is 3.33. The molecule has 4 aromatic rings. The highest BCUT2D eigenvalue weighted by molar-refractivity contribution is 7.99. The molecular formula is C26H24N4O4S. The molecule has 0 aliphatic heterocycles. The third kappa shape index (κ3) is 4.85. The van der Waals surface area contributed by atoms with Gasteiger partial charge >= 0.3 is 5.97 Å². The first-order valence-corrected chi connectivity index (χ1v) is 12.4. The minimum atomic E-state index is -0.440. The van der Waals surface area contributed by atoms with E-state index in [0.29, 0.717) is 27.4 Å². The van der Waals surface area contributed by atoms with Gasteiger partial charge in [-0.05, 0) is 43.5 Å². The quantitative estimate of drug-likeness (QED) is 0.213. The minimum Gasteiger partial charge on any atom is -0.462 e. The van der Waals surface area contributed by atoms with Gasteiger partial charge in [0.1, 0.15) is 11.0 Å². The lowest BCUT2D eigenvalue weighted by molar-refractivity contribution is -0.113. The summed E-state index contributed by atoms with van der Waals surface area (Å²) in [6, 6.07) is 16.5. The number of anilines is 1. The van der Waals surface area contributed by atoms with E-state index in [1.54, 1.807) is 35.8 Å². The van der Waals surface area contributed by atoms with Gasteiger partial charge in [0, 0.05) is 23.5 Å². The summed E-state index contributed by atoms with van der Waals surface area (Å²) in [5.74, 6) is -0.631. The zero-order chi connectivity index (χ0) is 24.4. The van der Waals surface area contributed by atoms with Gasteiger partial charge < -0.3 is 15.0 Å². The van der Waals surface area contributed by atoms with Crippen molar-refractivity contribution in [2.24, 2.45) is 0 Å². The van der Waals surface area contributed by atoms with Crippen molar-refractivity contribution in [2.75, 3.05) is 17.7 Å². The molecule has 5 rings (SSSR count). The maximum Gasteiger partial charge on any atom is 0.338 e. The molecule has 2 aromatic carbocycles. The number of carbonyl (C=O) groups is 2. The highest BCUT2D eigenvalue weighted by Gasteiger charge is 2.29. The average molecular weight is 489 g/mol. The third-order valence-electron chi connectivity index (χ3n) is 5.69. The number of amides is 1. The van der Waals surface area contributed by atoms with Crippen LogP contribution in [-0.4, -0.2) is 38.8 Å². The second kappa shape index (κ2) is 9.79. The summed E-state index contributed by atoms with van der Waals surface area (Å²) in [5.41, 5.74) is 3.63. The molecule has 1 aliphatic rings. The van der Waals surface area contributed by atoms with E-state index >= 15 is 0 Å². The van der Waals surface area contributed by atoms with Crippen molar-refractivity contribution in [3.63, 3.8) is 0 Å². The van der Waals surface area contributed by atoms with E-state index in [-0.39, 0.29) is 29.9 Å². The molecule has 1 saturated carbocycles. The van der Waals surface area contributed by atoms with Gasteiger partial charge in [0.25, 0.3) is 5.56 Å². The van der Waals surface area contributed by atoms with Crippen LogP contribution in [0.25, 0.3) is 22.2 Å². The van der Waals surface area contributed by atoms with Gasteiger partial charge in [0.15, 0.2) is 5.16 Å². The van der Waals surface area contributed by atoms with Crippen molar-refractivity contribution in [2.45, 2.75) is 31.0 Å². The average Bonchev–Trinajstić information content (AvgIpc) is 3.61. The van der Waals surface area contributed by atoms with E-state index < -0.39 is 5.97 Å². The van der Waals surface area contributed by atoms with Crippen LogP contribution in [0.15, 0.2) is 70.7 Å². The molecule has 35 heavy (non-hydrogen) atoms. The van der Waals surface area contributed by atoms with Crippen LogP contribution < -0.4 is 10.9 Å². The first-order valence-electron chi connectivity index (χ1n) is 11.4. The number of esters is 1. The number of thioether (sulfide) groups is 1. The van der Waals surface area contributed by atoms with E-state index in [1.807, 2.05) is 36.5 Å². The van der Waals surface area contributed by atoms with Crippen LogP contribution in [0, 0.1) is 0 Å². The van der Waals surface area contributed by atoms with E-state index in [0.717, 1.165) is 24.0 Å². The first-order chi connectivity index (χ1) is 17.0. The Balaban J connectivity index is 1.38. The smallest absolute Gasteiger partial charge is 0.338 e. The van der Waals surface area contributed by atoms with Gasteiger partial charge in [-0.1, -0.05) is 48.2 Å². The number of nitrogens with one attached hydrogen (secondary N) is 2. The fourth-order valence-electron chi connectivity index (χ4n) is 3.91. The molecule has 178 valence electrons. The van der Waals surface area contributed by atoms with Crippen molar-refractivity contribution in [3.8, 4) is 11.1 Å². The van der Waals surface area contributed by atoms with Gasteiger partial charge in [-0.15, -0.1) is 0 Å². The van der Waals surface area contributed by atoms with Crippen molar-refractivity contribution < 1.29 is 14.3 Å². The normalized spacial score (nSPS) is 13.1. The lowest BCUT2D eigenvalue weighted by Crippen LogP contribution is -2.23. The summed E-state index contributed by atoms with van der Waals surface area (Å²) < 4.78 is 6.72. The van der Waals surface area contributed by atoms with Crippen LogP contribution in [0.3, 0.4) is 0 Å². The van der Waals surface area contributed by atoms with Gasteiger partial charge in [0.05, 0.1) is 17.9 Å². The summed E-state index contributed by atoms with van der Waals surface area (Å²) in [6.07, 6.45) is 3.64. The van der Waals surface area contributed by atoms with E-state index in [9.17, 15) is 14.4 Å². The van der Waals surface area contributed by atoms with Crippen LogP contribution in [0.4, 0.5) is 5.69 Å². The Hall–Kier alpha value is -3.85. The Morgan fingerprint density at radius 3 is 2.71 bits per heavy atom. The standard InChI is InChI=1S/C26H24N4O4S/c1-2-34-25(33)17-9-6-10-18(13-17)28-21(31)15-35-26-29-22-20(16-7-4-3-5-8-16)14-27-23(22)24(32)30(26)19-11-12-19/h3-10,13-14,19,27H,2,11-12,15H2,1H3,(H,28,31). The molecule has 0 spiro atoms. The highest BCUT2D eigenvalue weighted by Crippen LogP contribution is 2.37. The Morgan fingerprint density at radius 2 is 1.97 bits per heavy atom. The van der Waals surface area contributed by atoms with Crippen LogP contribution in [-0.2, 0) is 9.53 Å². The van der Waals surface area contributed by atoms with Crippen molar-refractivity contribution in [3.05, 3.63) is 76.7 Å². The number of aromatic nitrogens is 3. The number of carbonyl (C=O) groups excluding carboxylic acids is 2. The number of nitrogens with zero attached hydrogens (tertiary/aromatic N) is 2. The van der Waals surface area contributed by atoms with Crippen molar-refractivity contribution in [1.82, 2.24) is 14.5 Å². The fourth-order valence-corrected chi connectivity index (χ4v) is 4.77. The van der Waals surface area contributed by atoms with Gasteiger partial charge in [-0.25, -0.2) is 9.78 Å². The number of fused-ring (bicyclic) bond motifs is 1. The lowest BCUT2D eigenvalue weighted by Gasteiger charge is -2.12. The predicted molar refractivity (Wildman–Crippen MR) is 136 cm³/mol. The Bertz CT molecular complexity index is 1460. The molecule has 9 heteroatoms. The monoisotopic (exact) mass is 488 g/mol. The Morgan fingerprint density at radius 1 is 1.17 bits per heavy atom. The zero-order valence-electron chi connectivity index (χ0n) is 19.1. The molecule has 0 saturated heterocycles. The number of hydrogen-bond donors (Lipinski definition) is 2. The number of H-pyrrole nitrogens is 1. The maximum atomic E-state index is 13.3. The van der Waals surface area contributed by atoms with E-state index in [2.05, 4.69) is 10.3 Å². The van der Waals surface area contributed by atoms with Crippen molar-refractivity contribution >= 4 is 40.4 Å². The third-order valence-corrected chi connectivity index (χ3v) is 6.64. The van der Waals surface area contributed by atoms with Crippen LogP contribution >= 0.6 is 11.8 Å². The summed E-state index contributed by atoms with van der Waals surface area (Å²) >= 11 is 1.23. The van der Waals surface area contributed by atoms with Crippen LogP contribution in [0.1, 0.15) is 36.2 Å². The van der Waals surface area contributed by atoms with Crippen LogP contribution in [0.2, 0.25) is 0 Å². The molecule has 0 bridgehead atoms. The summed E-state index contributed by atoms with van der Waals surface area (Å²) in [6.45, 7) is 2.02. The molecule has 1 fully saturated rings. The second-order valence-corrected chi connectivity index (χ2v) is 9.17. The van der Waals surface area contributed by atoms with E-state index in [1.165, 1.54) is 11.8 Å². The first kappa shape index (κ1) is 22.9. The molecule has 0 radical (unpaired) electrons. The lowest BCUT2D eigenvalue weighted by atomic mass is 10.1. The Labute approximate surface area is 205 Å². The fraction of sp³-hybridized carbons (Fsp3) is 0.231. The zero-order valence-corrected chi connectivity index (χ0v) is 19.9. The minimum absolute atomic E-state index is 0.0688. The topological polar surface area (TPSA) is 106 Å². The number of benzene rings is 2. The number of ether oxygens (including phenoxy) is 1. The largest absolute Gasteiger partial charge is 0.462 e. The van der Waals surface area contributed by atoms with Crippen LogP contribution in [0.5, 0.6) is 0 Å². The van der Waals surface area contributed by atoms with Gasteiger partial charge in [-0.3, -0.25) is 14.2 Å². The molecule has 2 heterocycles. The molecule has 0 unspecified atom stereocenters. The highest BCUT2D eigenvalue weighted by atomic mass is 32.2. The molecular weight excluding hydrogens is 464 g/mol. The molecule has 0 atom stereocenters.